The van der Waals surface area contributed by atoms with Crippen LogP contribution in [0, 0.1) is 13.8 Å². The summed E-state index contributed by atoms with van der Waals surface area (Å²) < 4.78 is 17.0. The molecule has 2 rings (SSSR count). The molecule has 0 spiro atoms. The molecule has 0 amide bonds. The molecule has 1 fully saturated rings. The van der Waals surface area contributed by atoms with E-state index in [1.54, 1.807) is 6.07 Å². The van der Waals surface area contributed by atoms with Gasteiger partial charge < -0.3 is 14.0 Å². The van der Waals surface area contributed by atoms with E-state index in [1.807, 2.05) is 47.6 Å². The zero-order valence-corrected chi connectivity index (χ0v) is 13.9. The van der Waals surface area contributed by atoms with Gasteiger partial charge in [0.1, 0.15) is 0 Å². The zero-order chi connectivity index (χ0) is 16.0. The van der Waals surface area contributed by atoms with Crippen LogP contribution in [-0.4, -0.2) is 31.4 Å². The highest BCUT2D eigenvalue weighted by atomic mass is 16.7. The second-order valence-electron chi connectivity index (χ2n) is 6.55. The number of rotatable bonds is 2. The van der Waals surface area contributed by atoms with Crippen LogP contribution in [-0.2, 0) is 14.0 Å². The molecule has 1 heterocycles. The first kappa shape index (κ1) is 16.1. The molecule has 1 aromatic carbocycles. The standard InChI is InChI=1S/C16H23BO4/c1-10-8-9-12(14(18)19-7)11(2)13(10)17-20-15(3,4)16(5,6)21-17/h8-9H,1-7H3. The van der Waals surface area contributed by atoms with Crippen LogP contribution >= 0.6 is 0 Å². The fourth-order valence-corrected chi connectivity index (χ4v) is 2.52. The van der Waals surface area contributed by atoms with Crippen LogP contribution in [0.1, 0.15) is 49.2 Å². The fourth-order valence-electron chi connectivity index (χ4n) is 2.52. The van der Waals surface area contributed by atoms with Crippen molar-refractivity contribution in [3.63, 3.8) is 0 Å². The highest BCUT2D eigenvalue weighted by Gasteiger charge is 2.52. The number of hydrogen-bond acceptors (Lipinski definition) is 4. The maximum atomic E-state index is 11.9. The van der Waals surface area contributed by atoms with Crippen molar-refractivity contribution in [3.05, 3.63) is 28.8 Å². The second kappa shape index (κ2) is 5.14. The molecular weight excluding hydrogens is 267 g/mol. The summed E-state index contributed by atoms with van der Waals surface area (Å²) in [7, 11) is 0.912. The molecule has 0 bridgehead atoms. The van der Waals surface area contributed by atoms with Gasteiger partial charge in [-0.3, -0.25) is 0 Å². The molecule has 21 heavy (non-hydrogen) atoms. The molecule has 4 nitrogen and oxygen atoms in total. The van der Waals surface area contributed by atoms with Crippen molar-refractivity contribution in [1.29, 1.82) is 0 Å². The number of hydrogen-bond donors (Lipinski definition) is 0. The normalized spacial score (nSPS) is 19.7. The predicted octanol–water partition coefficient (Wildman–Crippen LogP) is 2.39. The highest BCUT2D eigenvalue weighted by Crippen LogP contribution is 2.37. The van der Waals surface area contributed by atoms with Gasteiger partial charge in [-0.25, -0.2) is 4.79 Å². The largest absolute Gasteiger partial charge is 0.495 e. The highest BCUT2D eigenvalue weighted by molar-refractivity contribution is 6.63. The maximum absolute atomic E-state index is 11.9. The summed E-state index contributed by atoms with van der Waals surface area (Å²) in [6, 6.07) is 3.69. The van der Waals surface area contributed by atoms with Gasteiger partial charge in [0.15, 0.2) is 0 Å². The zero-order valence-electron chi connectivity index (χ0n) is 13.9. The van der Waals surface area contributed by atoms with Crippen LogP contribution in [0.3, 0.4) is 0 Å². The number of methoxy groups -OCH3 is 1. The van der Waals surface area contributed by atoms with E-state index in [9.17, 15) is 4.79 Å². The number of aryl methyl sites for hydroxylation is 1. The van der Waals surface area contributed by atoms with E-state index in [1.165, 1.54) is 7.11 Å². The summed E-state index contributed by atoms with van der Waals surface area (Å²) >= 11 is 0. The van der Waals surface area contributed by atoms with Crippen LogP contribution in [0.15, 0.2) is 12.1 Å². The Labute approximate surface area is 126 Å². The second-order valence-corrected chi connectivity index (χ2v) is 6.55. The Morgan fingerprint density at radius 3 is 2.10 bits per heavy atom. The Bertz CT molecular complexity index is 562. The molecule has 1 aromatic rings. The van der Waals surface area contributed by atoms with Crippen molar-refractivity contribution in [2.75, 3.05) is 7.11 Å². The first-order chi connectivity index (χ1) is 9.60. The molecule has 1 saturated heterocycles. The lowest BCUT2D eigenvalue weighted by atomic mass is 9.72. The van der Waals surface area contributed by atoms with E-state index < -0.39 is 18.3 Å². The maximum Gasteiger partial charge on any atom is 0.495 e. The van der Waals surface area contributed by atoms with Gasteiger partial charge in [-0.1, -0.05) is 11.6 Å². The predicted molar refractivity (Wildman–Crippen MR) is 83.0 cm³/mol. The van der Waals surface area contributed by atoms with E-state index in [0.717, 1.165) is 16.6 Å². The summed E-state index contributed by atoms with van der Waals surface area (Å²) in [4.78, 5) is 11.9. The molecule has 114 valence electrons. The van der Waals surface area contributed by atoms with Gasteiger partial charge in [0.05, 0.1) is 23.9 Å². The molecule has 1 aliphatic heterocycles. The van der Waals surface area contributed by atoms with Crippen molar-refractivity contribution < 1.29 is 18.8 Å². The van der Waals surface area contributed by atoms with Gasteiger partial charge in [0, 0.05) is 0 Å². The average Bonchev–Trinajstić information content (AvgIpc) is 2.57. The third-order valence-corrected chi connectivity index (χ3v) is 4.63. The van der Waals surface area contributed by atoms with Gasteiger partial charge in [0.2, 0.25) is 0 Å². The van der Waals surface area contributed by atoms with Gasteiger partial charge in [0.25, 0.3) is 0 Å². The van der Waals surface area contributed by atoms with Crippen LogP contribution in [0.2, 0.25) is 0 Å². The van der Waals surface area contributed by atoms with Crippen molar-refractivity contribution in [1.82, 2.24) is 0 Å². The number of ether oxygens (including phenoxy) is 1. The Balaban J connectivity index is 2.48. The quantitative estimate of drug-likeness (QED) is 0.619. The first-order valence-corrected chi connectivity index (χ1v) is 7.15. The molecule has 0 atom stereocenters. The third-order valence-electron chi connectivity index (χ3n) is 4.63. The molecule has 0 aliphatic carbocycles. The Morgan fingerprint density at radius 1 is 1.10 bits per heavy atom. The summed E-state index contributed by atoms with van der Waals surface area (Å²) in [5.41, 5.74) is 2.54. The van der Waals surface area contributed by atoms with Crippen molar-refractivity contribution in [3.8, 4) is 0 Å². The van der Waals surface area contributed by atoms with Crippen LogP contribution < -0.4 is 5.46 Å². The van der Waals surface area contributed by atoms with Gasteiger partial charge >= 0.3 is 13.1 Å². The van der Waals surface area contributed by atoms with Crippen molar-refractivity contribution in [2.24, 2.45) is 0 Å². The molecule has 0 saturated carbocycles. The van der Waals surface area contributed by atoms with Gasteiger partial charge in [-0.05, 0) is 58.6 Å². The van der Waals surface area contributed by atoms with Crippen molar-refractivity contribution in [2.45, 2.75) is 52.7 Å². The number of carbonyl (C=O) groups excluding carboxylic acids is 1. The average molecular weight is 290 g/mol. The van der Waals surface area contributed by atoms with Gasteiger partial charge in [-0.15, -0.1) is 0 Å². The molecule has 5 heteroatoms. The lowest BCUT2D eigenvalue weighted by Crippen LogP contribution is -2.41. The third kappa shape index (κ3) is 2.60. The lowest BCUT2D eigenvalue weighted by molar-refractivity contribution is 0.00578. The van der Waals surface area contributed by atoms with Crippen LogP contribution in [0.5, 0.6) is 0 Å². The van der Waals surface area contributed by atoms with E-state index in [2.05, 4.69) is 0 Å². The molecule has 0 N–H and O–H groups in total. The summed E-state index contributed by atoms with van der Waals surface area (Å²) in [6.07, 6.45) is 0. The Hall–Kier alpha value is -1.33. The Kier molecular flexibility index (Phi) is 3.93. The minimum absolute atomic E-state index is 0.342. The first-order valence-electron chi connectivity index (χ1n) is 7.15. The number of carbonyl (C=O) groups is 1. The summed E-state index contributed by atoms with van der Waals surface area (Å²) in [6.45, 7) is 12.0. The smallest absolute Gasteiger partial charge is 0.465 e. The monoisotopic (exact) mass is 290 g/mol. The Morgan fingerprint density at radius 2 is 1.62 bits per heavy atom. The van der Waals surface area contributed by atoms with E-state index in [0.29, 0.717) is 5.56 Å². The molecule has 0 aromatic heterocycles. The summed E-state index contributed by atoms with van der Waals surface area (Å²) in [5, 5.41) is 0. The van der Waals surface area contributed by atoms with Gasteiger partial charge in [-0.2, -0.15) is 0 Å². The fraction of sp³-hybridized carbons (Fsp3) is 0.562. The molecule has 0 radical (unpaired) electrons. The molecule has 0 unspecified atom stereocenters. The molecular formula is C16H23BO4. The van der Waals surface area contributed by atoms with E-state index >= 15 is 0 Å². The van der Waals surface area contributed by atoms with Crippen LogP contribution in [0.4, 0.5) is 0 Å². The van der Waals surface area contributed by atoms with Crippen molar-refractivity contribution >= 4 is 18.6 Å². The lowest BCUT2D eigenvalue weighted by Gasteiger charge is -2.32. The SMILES string of the molecule is COC(=O)c1ccc(C)c(B2OC(C)(C)C(C)(C)O2)c1C. The minimum Gasteiger partial charge on any atom is -0.465 e. The topological polar surface area (TPSA) is 44.8 Å². The number of benzene rings is 1. The number of esters is 1. The molecule has 1 aliphatic rings. The minimum atomic E-state index is -0.473. The van der Waals surface area contributed by atoms with Crippen LogP contribution in [0.25, 0.3) is 0 Å². The van der Waals surface area contributed by atoms with E-state index in [-0.39, 0.29) is 5.97 Å². The van der Waals surface area contributed by atoms with E-state index in [4.69, 9.17) is 14.0 Å². The summed E-state index contributed by atoms with van der Waals surface area (Å²) in [5.74, 6) is -0.342.